The van der Waals surface area contributed by atoms with Gasteiger partial charge in [0, 0.05) is 30.1 Å². The van der Waals surface area contributed by atoms with Crippen molar-refractivity contribution in [3.63, 3.8) is 0 Å². The molecule has 0 aliphatic rings. The number of methoxy groups -OCH3 is 1. The number of benzene rings is 2. The lowest BCUT2D eigenvalue weighted by Crippen LogP contribution is -2.26. The zero-order valence-electron chi connectivity index (χ0n) is 13.8. The minimum Gasteiger partial charge on any atom is -0.378 e. The van der Waals surface area contributed by atoms with Crippen molar-refractivity contribution in [3.05, 3.63) is 59.7 Å². The van der Waals surface area contributed by atoms with Gasteiger partial charge in [0.2, 0.25) is 0 Å². The van der Waals surface area contributed by atoms with Crippen molar-refractivity contribution in [3.8, 4) is 0 Å². The largest absolute Gasteiger partial charge is 0.378 e. The molecule has 0 radical (unpaired) electrons. The molecule has 2 aromatic carbocycles. The second kappa shape index (κ2) is 7.88. The Balaban J connectivity index is 2.10. The van der Waals surface area contributed by atoms with Crippen LogP contribution in [0.1, 0.15) is 25.5 Å². The number of rotatable bonds is 6. The number of amides is 1. The van der Waals surface area contributed by atoms with Gasteiger partial charge in [-0.05, 0) is 38.1 Å². The summed E-state index contributed by atoms with van der Waals surface area (Å²) in [7, 11) is 1.46. The molecule has 2 aromatic rings. The Morgan fingerprint density at radius 1 is 1.08 bits per heavy atom. The Hall–Kier alpha value is -2.47. The molecule has 0 unspecified atom stereocenters. The molecule has 0 aromatic heterocycles. The molecule has 2 N–H and O–H groups in total. The van der Waals surface area contributed by atoms with Crippen molar-refractivity contribution in [2.24, 2.45) is 0 Å². The van der Waals surface area contributed by atoms with Crippen molar-refractivity contribution in [2.45, 2.75) is 26.0 Å². The van der Waals surface area contributed by atoms with E-state index in [0.29, 0.717) is 16.9 Å². The Kier molecular flexibility index (Phi) is 5.87. The van der Waals surface area contributed by atoms with Crippen molar-refractivity contribution >= 4 is 17.3 Å². The van der Waals surface area contributed by atoms with Crippen LogP contribution in [0.5, 0.6) is 0 Å². The first-order chi connectivity index (χ1) is 11.4. The molecule has 0 aliphatic carbocycles. The third-order valence-corrected chi connectivity index (χ3v) is 3.67. The van der Waals surface area contributed by atoms with Gasteiger partial charge < -0.3 is 15.4 Å². The van der Waals surface area contributed by atoms with Gasteiger partial charge in [0.1, 0.15) is 17.7 Å². The van der Waals surface area contributed by atoms with E-state index in [4.69, 9.17) is 4.74 Å². The van der Waals surface area contributed by atoms with Crippen LogP contribution in [0.3, 0.4) is 0 Å². The van der Waals surface area contributed by atoms with Gasteiger partial charge in [0.25, 0.3) is 5.91 Å². The highest BCUT2D eigenvalue weighted by Gasteiger charge is 2.13. The third kappa shape index (κ3) is 4.52. The number of halogens is 2. The molecule has 4 nitrogen and oxygen atoms in total. The SMILES string of the molecule is CO[C@H](C)C(=O)Nc1cccc(N[C@@H](C)c2ccc(F)cc2F)c1. The summed E-state index contributed by atoms with van der Waals surface area (Å²) >= 11 is 0. The molecule has 0 heterocycles. The fraction of sp³-hybridized carbons (Fsp3) is 0.278. The molecule has 0 spiro atoms. The standard InChI is InChI=1S/C18H20F2N2O2/c1-11(16-8-7-13(19)9-17(16)20)21-14-5-4-6-15(10-14)22-18(23)12(2)24-3/h4-12,21H,1-3H3,(H,22,23)/t11-,12+/m0/s1. The molecule has 0 bridgehead atoms. The topological polar surface area (TPSA) is 50.4 Å². The van der Waals surface area contributed by atoms with Gasteiger partial charge in [-0.2, -0.15) is 0 Å². The van der Waals surface area contributed by atoms with E-state index in [0.717, 1.165) is 6.07 Å². The van der Waals surface area contributed by atoms with Crippen LogP contribution in [0.4, 0.5) is 20.2 Å². The summed E-state index contributed by atoms with van der Waals surface area (Å²) in [6.45, 7) is 3.42. The van der Waals surface area contributed by atoms with Crippen LogP contribution in [0.2, 0.25) is 0 Å². The van der Waals surface area contributed by atoms with Gasteiger partial charge in [-0.1, -0.05) is 12.1 Å². The number of anilines is 2. The lowest BCUT2D eigenvalue weighted by Gasteiger charge is -2.17. The maximum atomic E-state index is 13.8. The summed E-state index contributed by atoms with van der Waals surface area (Å²) in [5.41, 5.74) is 1.66. The average Bonchev–Trinajstić information content (AvgIpc) is 2.54. The number of ether oxygens (including phenoxy) is 1. The number of carbonyl (C=O) groups is 1. The Morgan fingerprint density at radius 3 is 2.46 bits per heavy atom. The third-order valence-electron chi connectivity index (χ3n) is 3.67. The highest BCUT2D eigenvalue weighted by atomic mass is 19.1. The number of carbonyl (C=O) groups excluding carboxylic acids is 1. The van der Waals surface area contributed by atoms with Crippen LogP contribution in [0.15, 0.2) is 42.5 Å². The van der Waals surface area contributed by atoms with Gasteiger partial charge in [-0.3, -0.25) is 4.79 Å². The smallest absolute Gasteiger partial charge is 0.253 e. The summed E-state index contributed by atoms with van der Waals surface area (Å²) in [6, 6.07) is 10.2. The lowest BCUT2D eigenvalue weighted by molar-refractivity contribution is -0.124. The molecule has 0 aliphatic heterocycles. The summed E-state index contributed by atoms with van der Waals surface area (Å²) < 4.78 is 31.8. The zero-order chi connectivity index (χ0) is 17.7. The number of hydrogen-bond donors (Lipinski definition) is 2. The molecule has 2 rings (SSSR count). The van der Waals surface area contributed by atoms with Crippen LogP contribution in [-0.2, 0) is 9.53 Å². The molecule has 2 atom stereocenters. The van der Waals surface area contributed by atoms with Crippen molar-refractivity contribution in [1.82, 2.24) is 0 Å². The normalized spacial score (nSPS) is 13.2. The summed E-state index contributed by atoms with van der Waals surface area (Å²) in [6.07, 6.45) is -0.561. The van der Waals surface area contributed by atoms with E-state index in [1.807, 2.05) is 0 Å². The van der Waals surface area contributed by atoms with E-state index in [-0.39, 0.29) is 11.9 Å². The van der Waals surface area contributed by atoms with Crippen molar-refractivity contribution in [2.75, 3.05) is 17.7 Å². The van der Waals surface area contributed by atoms with E-state index in [1.165, 1.54) is 19.2 Å². The lowest BCUT2D eigenvalue weighted by atomic mass is 10.1. The van der Waals surface area contributed by atoms with Gasteiger partial charge in [0.15, 0.2) is 0 Å². The second-order valence-electron chi connectivity index (χ2n) is 5.48. The van der Waals surface area contributed by atoms with E-state index in [1.54, 1.807) is 38.1 Å². The predicted molar refractivity (Wildman–Crippen MR) is 89.9 cm³/mol. The molecule has 128 valence electrons. The summed E-state index contributed by atoms with van der Waals surface area (Å²) in [4.78, 5) is 11.8. The highest BCUT2D eigenvalue weighted by Crippen LogP contribution is 2.24. The first kappa shape index (κ1) is 17.9. The van der Waals surface area contributed by atoms with Gasteiger partial charge >= 0.3 is 0 Å². The zero-order valence-corrected chi connectivity index (χ0v) is 13.8. The Bertz CT molecular complexity index is 722. The fourth-order valence-corrected chi connectivity index (χ4v) is 2.22. The van der Waals surface area contributed by atoms with E-state index < -0.39 is 17.7 Å². The molecule has 0 fully saturated rings. The maximum Gasteiger partial charge on any atom is 0.253 e. The molecular formula is C18H20F2N2O2. The second-order valence-corrected chi connectivity index (χ2v) is 5.48. The van der Waals surface area contributed by atoms with Crippen LogP contribution in [0, 0.1) is 11.6 Å². The quantitative estimate of drug-likeness (QED) is 0.836. The predicted octanol–water partition coefficient (Wildman–Crippen LogP) is 4.11. The maximum absolute atomic E-state index is 13.8. The van der Waals surface area contributed by atoms with E-state index >= 15 is 0 Å². The van der Waals surface area contributed by atoms with Gasteiger partial charge in [-0.15, -0.1) is 0 Å². The minimum absolute atomic E-state index is 0.257. The van der Waals surface area contributed by atoms with E-state index in [2.05, 4.69) is 10.6 Å². The first-order valence-corrected chi connectivity index (χ1v) is 7.56. The van der Waals surface area contributed by atoms with Gasteiger partial charge in [-0.25, -0.2) is 8.78 Å². The van der Waals surface area contributed by atoms with Crippen LogP contribution in [-0.4, -0.2) is 19.1 Å². The van der Waals surface area contributed by atoms with Crippen LogP contribution >= 0.6 is 0 Å². The molecule has 0 saturated carbocycles. The highest BCUT2D eigenvalue weighted by molar-refractivity contribution is 5.94. The summed E-state index contributed by atoms with van der Waals surface area (Å²) in [5, 5.41) is 5.87. The monoisotopic (exact) mass is 334 g/mol. The minimum atomic E-state index is -0.611. The molecule has 1 amide bonds. The number of nitrogens with one attached hydrogen (secondary N) is 2. The molecular weight excluding hydrogens is 314 g/mol. The summed E-state index contributed by atoms with van der Waals surface area (Å²) in [5.74, 6) is -1.47. The average molecular weight is 334 g/mol. The molecule has 24 heavy (non-hydrogen) atoms. The van der Waals surface area contributed by atoms with E-state index in [9.17, 15) is 13.6 Å². The molecule has 6 heteroatoms. The first-order valence-electron chi connectivity index (χ1n) is 7.56. The van der Waals surface area contributed by atoms with Crippen LogP contribution in [0.25, 0.3) is 0 Å². The fourth-order valence-electron chi connectivity index (χ4n) is 2.22. The van der Waals surface area contributed by atoms with Crippen LogP contribution < -0.4 is 10.6 Å². The van der Waals surface area contributed by atoms with Crippen molar-refractivity contribution in [1.29, 1.82) is 0 Å². The number of hydrogen-bond acceptors (Lipinski definition) is 3. The Labute approximate surface area is 139 Å². The van der Waals surface area contributed by atoms with Crippen molar-refractivity contribution < 1.29 is 18.3 Å². The molecule has 0 saturated heterocycles. The van der Waals surface area contributed by atoms with Gasteiger partial charge in [0.05, 0.1) is 6.04 Å². The Morgan fingerprint density at radius 2 is 1.79 bits per heavy atom.